The molecule has 16 aliphatic rings. The first kappa shape index (κ1) is 64.4. The first-order chi connectivity index (χ1) is 45.6. The van der Waals surface area contributed by atoms with Crippen LogP contribution in [0.2, 0.25) is 0 Å². The van der Waals surface area contributed by atoms with Crippen molar-refractivity contribution in [3.05, 3.63) is 111 Å². The lowest BCUT2D eigenvalue weighted by Crippen LogP contribution is -2.51. The van der Waals surface area contributed by atoms with Crippen LogP contribution in [0.15, 0.2) is 99.7 Å². The van der Waals surface area contributed by atoms with Crippen LogP contribution in [0, 0.1) is 51.8 Å². The number of alkyl halides is 3. The van der Waals surface area contributed by atoms with E-state index < -0.39 is 18.5 Å². The molecule has 0 amide bonds. The van der Waals surface area contributed by atoms with Crippen LogP contribution in [0.4, 0.5) is 13.2 Å². The number of rotatable bonds is 10. The zero-order chi connectivity index (χ0) is 64.2. The number of likely N-dealkylation sites (tertiary alicyclic amines) is 2. The number of hydrogen-bond donors (Lipinski definition) is 0. The Morgan fingerprint density at radius 1 is 0.574 bits per heavy atom. The summed E-state index contributed by atoms with van der Waals surface area (Å²) in [6.07, 6.45) is 30.9. The standard InChI is InChI=1S/2C31H40FNO2.C20H27FO3/c2*1-31-20-27(21-5-9-24(10-6-21)35-18-17-33-15-3-2-4-16-33)30-25-12-8-23(34)19-22(25)7-11-26(30)28(31)13-14-29(31)32;1-17-6-5-15-13(14(17)2-3-16(17)21)4-7-18-12-19(22-10-11-23-19)8-9-20(15,18)24-18/h5-6,9-10,26,28-29H,2-4,7-8,11-20H2,1H3;5-6,9-10,19,26-29H,2-4,7-8,11-18,20H2,1H3;5,13-14,16H,2-4,6-12H2,1H3/t26?,28?,29-,31+;26?,27-,28?,29-,31+;13?,14?,16-,17+,18?,20?/m111/s1. The van der Waals surface area contributed by atoms with E-state index in [2.05, 4.69) is 85.2 Å². The van der Waals surface area contributed by atoms with Crippen molar-refractivity contribution in [2.24, 2.45) is 51.8 Å². The molecule has 1 spiro atoms. The molecule has 4 saturated heterocycles. The van der Waals surface area contributed by atoms with Gasteiger partial charge in [-0.3, -0.25) is 19.4 Å². The van der Waals surface area contributed by atoms with Crippen molar-refractivity contribution >= 4 is 17.1 Å². The third-order valence-electron chi connectivity index (χ3n) is 28.5. The topological polar surface area (TPSA) is 90.1 Å². The minimum absolute atomic E-state index is 0.0562. The highest BCUT2D eigenvalue weighted by atomic mass is 19.1. The molecule has 2 aromatic rings. The van der Waals surface area contributed by atoms with Crippen LogP contribution in [-0.2, 0) is 23.8 Å². The lowest BCUT2D eigenvalue weighted by atomic mass is 9.53. The summed E-state index contributed by atoms with van der Waals surface area (Å²) in [5.74, 6) is 5.20. The van der Waals surface area contributed by atoms with Crippen molar-refractivity contribution in [1.82, 2.24) is 9.80 Å². The average Bonchev–Trinajstić information content (AvgIpc) is 1.48. The van der Waals surface area contributed by atoms with Crippen LogP contribution in [-0.4, -0.2) is 123 Å². The Morgan fingerprint density at radius 3 is 1.86 bits per heavy atom. The minimum Gasteiger partial charge on any atom is -0.492 e. The maximum absolute atomic E-state index is 15.3. The van der Waals surface area contributed by atoms with E-state index in [0.29, 0.717) is 86.6 Å². The normalized spacial score (nSPS) is 40.1. The number of piperidine rings is 2. The monoisotopic (exact) mass is 1290 g/mol. The number of ketones is 2. The summed E-state index contributed by atoms with van der Waals surface area (Å²) in [6, 6.07) is 17.3. The minimum atomic E-state index is -0.718. The fraction of sp³-hybridized carbons (Fsp3) is 0.707. The lowest BCUT2D eigenvalue weighted by molar-refractivity contribution is -0.185. The van der Waals surface area contributed by atoms with Gasteiger partial charge in [-0.25, -0.2) is 13.2 Å². The second-order valence-electron chi connectivity index (χ2n) is 33.3. The SMILES string of the molecule is C[C@]12CC(c3ccc(OCCN4CCCCC4)cc3)=C3C4=C(CCC3C1CC[C@H]2F)CC(=O)CC4.C[C@]12CC=C3C(CCC45CC6(CCC34O5)OCCO6)C1CC[C@H]2F.C[C@]12C[C@H](c3ccc(OCCN4CCCCC4)cc3)C3=C4CCC(=O)C=C4CCC3C1CC[C@H]2F. The molecule has 10 fully saturated rings. The number of benzene rings is 2. The van der Waals surface area contributed by atoms with Gasteiger partial charge in [-0.2, -0.15) is 0 Å². The van der Waals surface area contributed by atoms with E-state index in [4.69, 9.17) is 23.7 Å². The van der Waals surface area contributed by atoms with Gasteiger partial charge in [0, 0.05) is 67.4 Å². The molecule has 4 heterocycles. The van der Waals surface area contributed by atoms with Gasteiger partial charge in [0.25, 0.3) is 0 Å². The van der Waals surface area contributed by atoms with Crippen LogP contribution in [0.1, 0.15) is 224 Å². The fourth-order valence-corrected chi connectivity index (χ4v) is 23.5. The number of halogens is 3. The molecule has 4 aliphatic heterocycles. The van der Waals surface area contributed by atoms with Gasteiger partial charge < -0.3 is 23.7 Å². The van der Waals surface area contributed by atoms with Crippen LogP contribution in [0.3, 0.4) is 0 Å². The van der Waals surface area contributed by atoms with E-state index in [-0.39, 0.29) is 44.9 Å². The van der Waals surface area contributed by atoms with Crippen LogP contribution < -0.4 is 9.47 Å². The average molecular weight is 1290 g/mol. The van der Waals surface area contributed by atoms with Gasteiger partial charge in [-0.15, -0.1) is 0 Å². The number of Topliss-reactive ketones (excluding diaryl/α,β-unsaturated/α-hetero) is 1. The first-order valence-electron chi connectivity index (χ1n) is 38.0. The van der Waals surface area contributed by atoms with Gasteiger partial charge in [0.05, 0.1) is 13.2 Å². The second kappa shape index (κ2) is 25.4. The number of fused-ring (bicyclic) bond motifs is 11. The number of carbonyl (C=O) groups excluding carboxylic acids is 2. The van der Waals surface area contributed by atoms with Gasteiger partial charge in [0.15, 0.2) is 11.6 Å². The van der Waals surface area contributed by atoms with Gasteiger partial charge in [-0.05, 0) is 278 Å². The molecule has 8 unspecified atom stereocenters. The number of hydrogen-bond acceptors (Lipinski definition) is 9. The quantitative estimate of drug-likeness (QED) is 0.170. The first-order valence-corrected chi connectivity index (χ1v) is 38.0. The number of carbonyl (C=O) groups is 2. The molecular weight excluding hydrogens is 1180 g/mol. The van der Waals surface area contributed by atoms with Crippen molar-refractivity contribution < 1.29 is 46.4 Å². The van der Waals surface area contributed by atoms with Gasteiger partial charge in [0.1, 0.15) is 60.2 Å². The Bertz CT molecular complexity index is 3370. The summed E-state index contributed by atoms with van der Waals surface area (Å²) in [5.41, 5.74) is 13.2. The third kappa shape index (κ3) is 11.3. The molecule has 0 N–H and O–H groups in total. The molecule has 12 heteroatoms. The van der Waals surface area contributed by atoms with Gasteiger partial charge in [-0.1, -0.05) is 75.1 Å². The largest absolute Gasteiger partial charge is 0.492 e. The maximum Gasteiger partial charge on any atom is 0.171 e. The Kier molecular flexibility index (Phi) is 17.4. The molecule has 9 nitrogen and oxygen atoms in total. The van der Waals surface area contributed by atoms with E-state index in [9.17, 15) is 14.0 Å². The molecule has 0 radical (unpaired) electrons. The van der Waals surface area contributed by atoms with Crippen LogP contribution >= 0.6 is 0 Å². The van der Waals surface area contributed by atoms with Crippen LogP contribution in [0.25, 0.3) is 5.57 Å². The molecular formula is C82H107F3N2O7. The number of ether oxygens (including phenoxy) is 5. The van der Waals surface area contributed by atoms with Crippen molar-refractivity contribution in [1.29, 1.82) is 0 Å². The highest BCUT2D eigenvalue weighted by Crippen LogP contribution is 2.74. The number of epoxide rings is 1. The summed E-state index contributed by atoms with van der Waals surface area (Å²) in [5, 5.41) is 0. The molecule has 508 valence electrons. The predicted octanol–water partition coefficient (Wildman–Crippen LogP) is 17.6. The van der Waals surface area contributed by atoms with Crippen LogP contribution in [0.5, 0.6) is 11.5 Å². The summed E-state index contributed by atoms with van der Waals surface area (Å²) < 4.78 is 75.9. The molecule has 94 heavy (non-hydrogen) atoms. The Hall–Kier alpha value is -4.33. The Balaban J connectivity index is 0.000000114. The van der Waals surface area contributed by atoms with Crippen molar-refractivity contribution in [3.8, 4) is 11.5 Å². The summed E-state index contributed by atoms with van der Waals surface area (Å²) in [7, 11) is 0. The van der Waals surface area contributed by atoms with E-state index in [1.807, 2.05) is 6.08 Å². The highest BCUT2D eigenvalue weighted by Gasteiger charge is 2.79. The Labute approximate surface area is 558 Å². The third-order valence-corrected chi connectivity index (χ3v) is 28.5. The maximum atomic E-state index is 15.3. The number of nitrogens with zero attached hydrogens (tertiary/aromatic N) is 2. The predicted molar refractivity (Wildman–Crippen MR) is 362 cm³/mol. The summed E-state index contributed by atoms with van der Waals surface area (Å²) in [6.45, 7) is 16.3. The van der Waals surface area contributed by atoms with Crippen molar-refractivity contribution in [3.63, 3.8) is 0 Å². The van der Waals surface area contributed by atoms with Gasteiger partial charge in [0.2, 0.25) is 0 Å². The van der Waals surface area contributed by atoms with Gasteiger partial charge >= 0.3 is 0 Å². The lowest BCUT2D eigenvalue weighted by Gasteiger charge is -2.51. The van der Waals surface area contributed by atoms with Crippen molar-refractivity contribution in [2.45, 2.75) is 248 Å². The van der Waals surface area contributed by atoms with Crippen molar-refractivity contribution in [2.75, 3.05) is 65.7 Å². The fourth-order valence-electron chi connectivity index (χ4n) is 23.5. The molecule has 6 saturated carbocycles. The molecule has 18 rings (SSSR count). The molecule has 2 aromatic carbocycles. The van der Waals surface area contributed by atoms with E-state index in [1.54, 1.807) is 5.57 Å². The summed E-state index contributed by atoms with van der Waals surface area (Å²) in [4.78, 5) is 29.4. The zero-order valence-electron chi connectivity index (χ0n) is 57.0. The van der Waals surface area contributed by atoms with E-state index in [1.165, 1.54) is 115 Å². The van der Waals surface area contributed by atoms with E-state index in [0.717, 1.165) is 153 Å². The molecule has 0 aromatic heterocycles. The number of allylic oxidation sites excluding steroid dienone is 9. The highest BCUT2D eigenvalue weighted by molar-refractivity contribution is 5.93. The second-order valence-corrected chi connectivity index (χ2v) is 33.3. The Morgan fingerprint density at radius 2 is 1.18 bits per heavy atom. The van der Waals surface area contributed by atoms with E-state index >= 15 is 8.78 Å². The molecule has 0 bridgehead atoms. The molecule has 12 aliphatic carbocycles. The summed E-state index contributed by atoms with van der Waals surface area (Å²) >= 11 is 0. The smallest absolute Gasteiger partial charge is 0.171 e. The zero-order valence-corrected chi connectivity index (χ0v) is 57.0. The molecule has 15 atom stereocenters.